The Morgan fingerprint density at radius 1 is 1.30 bits per heavy atom. The predicted molar refractivity (Wildman–Crippen MR) is 74.1 cm³/mol. The van der Waals surface area contributed by atoms with Crippen LogP contribution in [-0.4, -0.2) is 6.92 Å². The number of rotatable bonds is 2. The third kappa shape index (κ3) is 3.41. The van der Waals surface area contributed by atoms with Crippen molar-refractivity contribution in [1.82, 2.24) is 0 Å². The summed E-state index contributed by atoms with van der Waals surface area (Å²) in [5, 5.41) is 0. The Morgan fingerprint density at radius 2 is 2.10 bits per heavy atom. The molecule has 0 aliphatic carbocycles. The summed E-state index contributed by atoms with van der Waals surface area (Å²) in [6.45, 7) is 9.72. The molecule has 0 aromatic heterocycles. The molecule has 0 saturated heterocycles. The summed E-state index contributed by atoms with van der Waals surface area (Å²) < 4.78 is 11.3. The van der Waals surface area contributed by atoms with Crippen LogP contribution in [-0.2, 0) is 11.3 Å². The van der Waals surface area contributed by atoms with Crippen molar-refractivity contribution in [1.29, 1.82) is 0 Å². The van der Waals surface area contributed by atoms with Crippen LogP contribution in [0.1, 0.15) is 5.56 Å². The minimum atomic E-state index is 0. The Morgan fingerprint density at radius 3 is 2.80 bits per heavy atom. The van der Waals surface area contributed by atoms with Gasteiger partial charge in [-0.1, -0.05) is 12.9 Å². The molecule has 0 unspecified atom stereocenters. The van der Waals surface area contributed by atoms with E-state index in [1.807, 2.05) is 25.0 Å². The molecular formula is C15H11BNO2Rb. The third-order valence-corrected chi connectivity index (χ3v) is 3.17. The van der Waals surface area contributed by atoms with Crippen molar-refractivity contribution in [2.45, 2.75) is 13.4 Å². The summed E-state index contributed by atoms with van der Waals surface area (Å²) in [7, 11) is 0. The fourth-order valence-corrected chi connectivity index (χ4v) is 2.14. The average molecular weight is 334 g/mol. The van der Waals surface area contributed by atoms with Crippen LogP contribution in [0.5, 0.6) is 11.5 Å². The van der Waals surface area contributed by atoms with Gasteiger partial charge in [0.2, 0.25) is 0 Å². The van der Waals surface area contributed by atoms with Crippen molar-refractivity contribution >= 4 is 18.1 Å². The molecule has 0 bridgehead atoms. The van der Waals surface area contributed by atoms with Crippen LogP contribution in [0.25, 0.3) is 4.85 Å². The molecule has 2 aromatic carbocycles. The number of hydrogen-bond donors (Lipinski definition) is 0. The van der Waals surface area contributed by atoms with Gasteiger partial charge in [0.15, 0.2) is 0 Å². The summed E-state index contributed by atoms with van der Waals surface area (Å²) >= 11 is 0. The summed E-state index contributed by atoms with van der Waals surface area (Å²) in [5.41, 5.74) is 2.89. The summed E-state index contributed by atoms with van der Waals surface area (Å²) in [6, 6.07) is 14.0. The van der Waals surface area contributed by atoms with E-state index in [1.165, 1.54) is 11.0 Å². The van der Waals surface area contributed by atoms with Gasteiger partial charge in [-0.2, -0.15) is 12.1 Å². The van der Waals surface area contributed by atoms with Gasteiger partial charge in [-0.3, -0.25) is 4.85 Å². The van der Waals surface area contributed by atoms with E-state index in [-0.39, 0.29) is 65.1 Å². The van der Waals surface area contributed by atoms with Gasteiger partial charge in [0.1, 0.15) is 5.75 Å². The van der Waals surface area contributed by atoms with Crippen molar-refractivity contribution < 1.29 is 67.6 Å². The Bertz CT molecular complexity index is 652. The summed E-state index contributed by atoms with van der Waals surface area (Å²) in [5.74, 6) is 1.46. The fourth-order valence-electron chi connectivity index (χ4n) is 2.14. The number of nitrogens with zero attached hydrogens (tertiary/aromatic N) is 1. The van der Waals surface area contributed by atoms with Gasteiger partial charge in [-0.25, -0.2) is 0 Å². The van der Waals surface area contributed by atoms with Crippen LogP contribution in [0.4, 0.5) is 5.69 Å². The zero-order valence-corrected chi connectivity index (χ0v) is 16.4. The first-order valence-electron chi connectivity index (χ1n) is 6.08. The van der Waals surface area contributed by atoms with E-state index >= 15 is 0 Å². The average Bonchev–Trinajstić information content (AvgIpc) is 2.81. The topological polar surface area (TPSA) is 22.8 Å². The van der Waals surface area contributed by atoms with Crippen molar-refractivity contribution in [2.75, 3.05) is 0 Å². The second kappa shape index (κ2) is 7.02. The van der Waals surface area contributed by atoms with Gasteiger partial charge in [-0.05, 0) is 23.2 Å². The van der Waals surface area contributed by atoms with Gasteiger partial charge < -0.3 is 9.39 Å². The second-order valence-corrected chi connectivity index (χ2v) is 4.44. The normalized spacial score (nSPS) is 12.3. The SMILES string of the molecule is [C-]#[N+]c1[c-]cc(Oc2ccc3c(c2)COB3C)cc1.[Rb+]. The fraction of sp³-hybridized carbons (Fsp3) is 0.133. The van der Waals surface area contributed by atoms with E-state index in [0.717, 1.165) is 5.75 Å². The van der Waals surface area contributed by atoms with E-state index in [2.05, 4.69) is 10.9 Å². The molecule has 3 rings (SSSR count). The molecule has 0 spiro atoms. The molecular weight excluding hydrogens is 322 g/mol. The quantitative estimate of drug-likeness (QED) is 0.579. The van der Waals surface area contributed by atoms with Crippen LogP contribution >= 0.6 is 0 Å². The maximum Gasteiger partial charge on any atom is 1.00 e. The second-order valence-electron chi connectivity index (χ2n) is 4.44. The van der Waals surface area contributed by atoms with Gasteiger partial charge in [0, 0.05) is 5.75 Å². The maximum absolute atomic E-state index is 6.88. The van der Waals surface area contributed by atoms with Gasteiger partial charge in [0.25, 0.3) is 0 Å². The Kier molecular flexibility index (Phi) is 5.59. The zero-order valence-electron chi connectivity index (χ0n) is 11.5. The number of ether oxygens (including phenoxy) is 1. The molecule has 92 valence electrons. The van der Waals surface area contributed by atoms with Crippen LogP contribution in [0, 0.1) is 12.6 Å². The van der Waals surface area contributed by atoms with Crippen LogP contribution in [0.2, 0.25) is 6.82 Å². The molecule has 3 nitrogen and oxygen atoms in total. The first-order valence-corrected chi connectivity index (χ1v) is 6.08. The first-order chi connectivity index (χ1) is 9.26. The van der Waals surface area contributed by atoms with Crippen molar-refractivity contribution in [3.05, 3.63) is 59.4 Å². The molecule has 0 amide bonds. The molecule has 0 radical (unpaired) electrons. The Balaban J connectivity index is 0.00000147. The summed E-state index contributed by atoms with van der Waals surface area (Å²) in [6.07, 6.45) is 0. The summed E-state index contributed by atoms with van der Waals surface area (Å²) in [4.78, 5) is 3.30. The smallest absolute Gasteiger partial charge is 0.517 e. The van der Waals surface area contributed by atoms with Gasteiger partial charge in [0.05, 0.1) is 18.9 Å². The van der Waals surface area contributed by atoms with E-state index < -0.39 is 0 Å². The maximum atomic E-state index is 6.88. The van der Waals surface area contributed by atoms with Crippen LogP contribution in [0.15, 0.2) is 36.4 Å². The molecule has 0 fully saturated rings. The number of fused-ring (bicyclic) bond motifs is 1. The Hall–Kier alpha value is -0.440. The monoisotopic (exact) mass is 333 g/mol. The number of benzene rings is 2. The predicted octanol–water partition coefficient (Wildman–Crippen LogP) is 0.192. The minimum Gasteiger partial charge on any atom is -0.517 e. The molecule has 1 aliphatic heterocycles. The van der Waals surface area contributed by atoms with E-state index in [4.69, 9.17) is 16.0 Å². The molecule has 1 aliphatic rings. The third-order valence-electron chi connectivity index (χ3n) is 3.17. The standard InChI is InChI=1S/C15H11BNO2.Rb/c1-16-15-8-7-14(9-11(15)10-18-16)19-13-5-3-12(17-2)4-6-13;/h3,5-9H,10H2,1H3;/q-1;+1. The molecule has 0 atom stereocenters. The van der Waals surface area contributed by atoms with E-state index in [0.29, 0.717) is 18.0 Å². The minimum absolute atomic E-state index is 0. The van der Waals surface area contributed by atoms with Crippen LogP contribution in [0.3, 0.4) is 0 Å². The van der Waals surface area contributed by atoms with Crippen molar-refractivity contribution in [3.8, 4) is 11.5 Å². The van der Waals surface area contributed by atoms with E-state index in [1.54, 1.807) is 18.2 Å². The molecule has 0 N–H and O–H groups in total. The first kappa shape index (κ1) is 15.9. The van der Waals surface area contributed by atoms with Gasteiger partial charge >= 0.3 is 65.1 Å². The van der Waals surface area contributed by atoms with Gasteiger partial charge in [-0.15, -0.1) is 12.1 Å². The molecule has 2 aromatic rings. The molecule has 0 saturated carbocycles. The number of hydrogen-bond acceptors (Lipinski definition) is 2. The van der Waals surface area contributed by atoms with Crippen molar-refractivity contribution in [2.24, 2.45) is 0 Å². The Labute approximate surface area is 168 Å². The van der Waals surface area contributed by atoms with Crippen LogP contribution < -0.4 is 68.4 Å². The molecule has 20 heavy (non-hydrogen) atoms. The van der Waals surface area contributed by atoms with Crippen molar-refractivity contribution in [3.63, 3.8) is 0 Å². The largest absolute Gasteiger partial charge is 1.00 e. The zero-order chi connectivity index (χ0) is 13.2. The molecule has 1 heterocycles. The molecule has 5 heteroatoms. The van der Waals surface area contributed by atoms with E-state index in [9.17, 15) is 0 Å².